The number of rotatable bonds is 20. The van der Waals surface area contributed by atoms with Crippen LogP contribution in [0.5, 0.6) is 28.7 Å². The zero-order valence-corrected chi connectivity index (χ0v) is 37.4. The Hall–Kier alpha value is -3.97. The van der Waals surface area contributed by atoms with E-state index in [2.05, 4.69) is 36.4 Å². The van der Waals surface area contributed by atoms with Crippen molar-refractivity contribution in [3.63, 3.8) is 0 Å². The monoisotopic (exact) mass is 912 g/mol. The number of methoxy groups -OCH3 is 2. The van der Waals surface area contributed by atoms with Gasteiger partial charge in [0.15, 0.2) is 29.8 Å². The topological polar surface area (TPSA) is 119 Å². The summed E-state index contributed by atoms with van der Waals surface area (Å²) in [6, 6.07) is 16.8. The Labute approximate surface area is 358 Å². The molecule has 11 heteroatoms. The van der Waals surface area contributed by atoms with Gasteiger partial charge in [-0.1, -0.05) is 31.6 Å². The Morgan fingerprint density at radius 1 is 0.776 bits per heavy atom. The van der Waals surface area contributed by atoms with Gasteiger partial charge >= 0.3 is 11.9 Å². The Kier molecular flexibility index (Phi) is 16.2. The molecule has 2 atom stereocenters. The molecule has 2 saturated carbocycles. The number of halogens is 1. The van der Waals surface area contributed by atoms with Crippen LogP contribution in [-0.4, -0.2) is 62.5 Å². The first-order valence-corrected chi connectivity index (χ1v) is 21.7. The van der Waals surface area contributed by atoms with Gasteiger partial charge in [-0.2, -0.15) is 0 Å². The molecule has 0 aromatic heterocycles. The number of hydrogen-bond acceptors (Lipinski definition) is 10. The Bertz CT molecular complexity index is 1890. The van der Waals surface area contributed by atoms with Gasteiger partial charge in [-0.15, -0.1) is 0 Å². The summed E-state index contributed by atoms with van der Waals surface area (Å²) in [6.45, 7) is 10.5. The normalized spacial score (nSPS) is 17.2. The van der Waals surface area contributed by atoms with E-state index >= 15 is 0 Å². The van der Waals surface area contributed by atoms with Crippen LogP contribution >= 0.6 is 22.6 Å². The average Bonchev–Trinajstić information content (AvgIpc) is 3.88. The maximum atomic E-state index is 13.5. The minimum atomic E-state index is -0.434. The number of phenols is 1. The number of allylic oxidation sites excluding steroid dienone is 1. The van der Waals surface area contributed by atoms with Crippen molar-refractivity contribution in [3.05, 3.63) is 86.0 Å². The first-order valence-electron chi connectivity index (χ1n) is 20.7. The minimum absolute atomic E-state index is 0.0281. The second kappa shape index (κ2) is 20.8. The number of phenolic OH excluding ortho intramolecular Hbond substituents is 1. The van der Waals surface area contributed by atoms with E-state index < -0.39 is 5.60 Å². The number of benzene rings is 3. The molecule has 316 valence electrons. The molecule has 0 heterocycles. The van der Waals surface area contributed by atoms with E-state index in [9.17, 15) is 14.7 Å². The van der Waals surface area contributed by atoms with Gasteiger partial charge in [0.2, 0.25) is 0 Å². The molecule has 1 N–H and O–H groups in total. The molecule has 3 aromatic rings. The van der Waals surface area contributed by atoms with Crippen molar-refractivity contribution in [3.8, 4) is 28.7 Å². The average molecular weight is 913 g/mol. The number of carbonyl (C=O) groups excluding carboxylic acids is 2. The number of ether oxygens (including phenoxy) is 7. The summed E-state index contributed by atoms with van der Waals surface area (Å²) < 4.78 is 42.2. The molecule has 2 aliphatic rings. The lowest BCUT2D eigenvalue weighted by Crippen LogP contribution is -2.31. The summed E-state index contributed by atoms with van der Waals surface area (Å²) in [5.41, 5.74) is 3.10. The lowest BCUT2D eigenvalue weighted by Gasteiger charge is -2.28. The highest BCUT2D eigenvalue weighted by molar-refractivity contribution is 14.1. The number of aromatic hydroxyl groups is 1. The highest BCUT2D eigenvalue weighted by Crippen LogP contribution is 2.43. The van der Waals surface area contributed by atoms with Crippen molar-refractivity contribution in [1.29, 1.82) is 0 Å². The van der Waals surface area contributed by atoms with Gasteiger partial charge in [-0.05, 0) is 174 Å². The van der Waals surface area contributed by atoms with Crippen molar-refractivity contribution in [2.24, 2.45) is 0 Å². The molecule has 3 aromatic carbocycles. The number of hydrogen-bond donors (Lipinski definition) is 1. The van der Waals surface area contributed by atoms with E-state index in [-0.39, 0.29) is 55.1 Å². The summed E-state index contributed by atoms with van der Waals surface area (Å²) in [7, 11) is 3.14. The lowest BCUT2D eigenvalue weighted by atomic mass is 9.79. The summed E-state index contributed by atoms with van der Waals surface area (Å²) >= 11 is 2.20. The van der Waals surface area contributed by atoms with Crippen LogP contribution < -0.4 is 18.9 Å². The predicted molar refractivity (Wildman–Crippen MR) is 232 cm³/mol. The Balaban J connectivity index is 1.23. The van der Waals surface area contributed by atoms with E-state index in [1.165, 1.54) is 7.11 Å². The first-order chi connectivity index (χ1) is 27.8. The van der Waals surface area contributed by atoms with Crippen molar-refractivity contribution in [2.45, 2.75) is 128 Å². The highest BCUT2D eigenvalue weighted by Gasteiger charge is 2.37. The fraction of sp³-hybridized carbons (Fsp3) is 0.532. The second-order valence-corrected chi connectivity index (χ2v) is 17.1. The van der Waals surface area contributed by atoms with Gasteiger partial charge in [0.1, 0.15) is 29.1 Å². The van der Waals surface area contributed by atoms with Crippen LogP contribution in [0.15, 0.2) is 65.7 Å². The lowest BCUT2D eigenvalue weighted by molar-refractivity contribution is -0.152. The Morgan fingerprint density at radius 2 is 1.45 bits per heavy atom. The highest BCUT2D eigenvalue weighted by atomic mass is 127. The Morgan fingerprint density at radius 3 is 2.12 bits per heavy atom. The summed E-state index contributed by atoms with van der Waals surface area (Å²) in [5, 5.41) is 10.4. The first kappa shape index (κ1) is 45.1. The molecule has 5 rings (SSSR count). The summed E-state index contributed by atoms with van der Waals surface area (Å²) in [6.07, 6.45) is 10.1. The van der Waals surface area contributed by atoms with Crippen LogP contribution in [0.1, 0.15) is 139 Å². The van der Waals surface area contributed by atoms with E-state index in [4.69, 9.17) is 33.2 Å². The molecule has 2 unspecified atom stereocenters. The third kappa shape index (κ3) is 11.4. The molecule has 0 aliphatic heterocycles. The van der Waals surface area contributed by atoms with Crippen LogP contribution in [0.25, 0.3) is 0 Å². The molecule has 2 fully saturated rings. The van der Waals surface area contributed by atoms with Crippen molar-refractivity contribution in [1.82, 2.24) is 0 Å². The van der Waals surface area contributed by atoms with E-state index in [1.807, 2.05) is 63.2 Å². The van der Waals surface area contributed by atoms with Gasteiger partial charge in [0.25, 0.3) is 0 Å². The van der Waals surface area contributed by atoms with Gasteiger partial charge in [-0.25, -0.2) is 9.59 Å². The fourth-order valence-electron chi connectivity index (χ4n) is 8.26. The molecule has 0 spiro atoms. The third-order valence-corrected chi connectivity index (χ3v) is 12.8. The molecule has 10 nitrogen and oxygen atoms in total. The van der Waals surface area contributed by atoms with Gasteiger partial charge in [-0.3, -0.25) is 0 Å². The zero-order chi connectivity index (χ0) is 41.9. The fourth-order valence-corrected chi connectivity index (χ4v) is 8.72. The predicted octanol–water partition coefficient (Wildman–Crippen LogP) is 11.2. The van der Waals surface area contributed by atoms with Crippen LogP contribution in [0.3, 0.4) is 0 Å². The third-order valence-electron chi connectivity index (χ3n) is 12.1. The zero-order valence-electron chi connectivity index (χ0n) is 35.2. The molecule has 58 heavy (non-hydrogen) atoms. The van der Waals surface area contributed by atoms with Gasteiger partial charge < -0.3 is 38.3 Å². The quantitative estimate of drug-likeness (QED) is 0.0386. The molecule has 0 amide bonds. The van der Waals surface area contributed by atoms with E-state index in [1.54, 1.807) is 19.2 Å². The molecule has 2 aliphatic carbocycles. The molecule has 0 radical (unpaired) electrons. The van der Waals surface area contributed by atoms with Crippen LogP contribution in [0.4, 0.5) is 0 Å². The second-order valence-electron chi connectivity index (χ2n) is 15.9. The maximum Gasteiger partial charge on any atom is 0.342 e. The van der Waals surface area contributed by atoms with Gasteiger partial charge in [0.05, 0.1) is 20.8 Å². The SMILES string of the molecule is CCC(CC(/C(C)=C(\C)C(=O)OC1(C)CCCC1)c1ccc(O)c(OC)c1)c1ccc(OCOCCOc2cc(I)ccc2C(=O)OC2(CC)CCCC2)c(OC)c1. The smallest absolute Gasteiger partial charge is 0.342 e. The van der Waals surface area contributed by atoms with E-state index in [0.29, 0.717) is 40.6 Å². The minimum Gasteiger partial charge on any atom is -0.504 e. The van der Waals surface area contributed by atoms with Crippen LogP contribution in [0.2, 0.25) is 0 Å². The number of esters is 2. The van der Waals surface area contributed by atoms with E-state index in [0.717, 1.165) is 84.5 Å². The summed E-state index contributed by atoms with van der Waals surface area (Å²) in [5.74, 6) is 1.30. The van der Waals surface area contributed by atoms with Crippen molar-refractivity contribution in [2.75, 3.05) is 34.2 Å². The molecule has 0 saturated heterocycles. The molecular formula is C47H61IO10. The summed E-state index contributed by atoms with van der Waals surface area (Å²) in [4.78, 5) is 26.8. The van der Waals surface area contributed by atoms with Gasteiger partial charge in [0, 0.05) is 15.1 Å². The maximum absolute atomic E-state index is 13.5. The molecule has 0 bridgehead atoms. The van der Waals surface area contributed by atoms with Crippen LogP contribution in [0, 0.1) is 3.57 Å². The van der Waals surface area contributed by atoms with Crippen LogP contribution in [-0.2, 0) is 19.0 Å². The van der Waals surface area contributed by atoms with Crippen molar-refractivity contribution < 1.29 is 47.9 Å². The molecular weight excluding hydrogens is 851 g/mol. The standard InChI is InChI=1S/C47H61IO10/c1-8-33(26-38(35-14-18-39(49)42(28-35)52-6)31(3)32(4)44(50)57-46(5)20-10-11-21-46)34-15-19-40(43(27-34)53-7)56-30-54-24-25-55-41-29-36(48)16-17-37(41)45(51)58-47(9-2)22-12-13-23-47/h14-19,27-29,33,38,49H,8-13,20-26,30H2,1-7H3/b32-31+. The van der Waals surface area contributed by atoms with Crippen molar-refractivity contribution >= 4 is 34.5 Å². The number of carbonyl (C=O) groups is 2. The largest absolute Gasteiger partial charge is 0.504 e.